The number of anilines is 1. The number of amides is 3. The third-order valence-corrected chi connectivity index (χ3v) is 6.31. The van der Waals surface area contributed by atoms with Crippen molar-refractivity contribution in [1.82, 2.24) is 10.2 Å². The first-order chi connectivity index (χ1) is 16.4. The van der Waals surface area contributed by atoms with E-state index in [4.69, 9.17) is 14.2 Å². The standard InChI is InChI=1S/C25H29N3O6/c1-26-23(29)13-16-9-10-19-22(34-16)14-33-21-11-8-15(12-18(21)25(31)28(19)2)27-24(30)17-6-4-5-7-20(17)32-3/h4-8,11-12,16,19,22H,9-10,13-14H2,1-3H3,(H,26,29)(H,27,30)/t16-,19+,22-/m0/s1. The molecule has 0 radical (unpaired) electrons. The highest BCUT2D eigenvalue weighted by Crippen LogP contribution is 2.32. The van der Waals surface area contributed by atoms with E-state index in [2.05, 4.69) is 10.6 Å². The molecular weight excluding hydrogens is 438 g/mol. The fourth-order valence-corrected chi connectivity index (χ4v) is 4.44. The Morgan fingerprint density at radius 3 is 2.74 bits per heavy atom. The summed E-state index contributed by atoms with van der Waals surface area (Å²) in [6, 6.07) is 11.7. The van der Waals surface area contributed by atoms with Gasteiger partial charge >= 0.3 is 0 Å². The second-order valence-electron chi connectivity index (χ2n) is 8.41. The Bertz CT molecular complexity index is 1090. The summed E-state index contributed by atoms with van der Waals surface area (Å²) in [6.07, 6.45) is 1.12. The van der Waals surface area contributed by atoms with E-state index in [1.807, 2.05) is 0 Å². The van der Waals surface area contributed by atoms with Gasteiger partial charge in [0.05, 0.1) is 36.8 Å². The Morgan fingerprint density at radius 1 is 1.18 bits per heavy atom. The van der Waals surface area contributed by atoms with Gasteiger partial charge in [-0.3, -0.25) is 14.4 Å². The van der Waals surface area contributed by atoms with Crippen LogP contribution in [0.15, 0.2) is 42.5 Å². The lowest BCUT2D eigenvalue weighted by Crippen LogP contribution is -2.53. The molecule has 0 unspecified atom stereocenters. The number of nitrogens with zero attached hydrogens (tertiary/aromatic N) is 1. The second kappa shape index (κ2) is 10.1. The van der Waals surface area contributed by atoms with Crippen molar-refractivity contribution in [1.29, 1.82) is 0 Å². The Hall–Kier alpha value is -3.59. The number of nitrogens with one attached hydrogen (secondary N) is 2. The quantitative estimate of drug-likeness (QED) is 0.700. The third kappa shape index (κ3) is 4.84. The van der Waals surface area contributed by atoms with Crippen molar-refractivity contribution in [2.45, 2.75) is 37.5 Å². The van der Waals surface area contributed by atoms with Crippen molar-refractivity contribution in [3.05, 3.63) is 53.6 Å². The highest BCUT2D eigenvalue weighted by Gasteiger charge is 2.39. The molecule has 2 N–H and O–H groups in total. The molecule has 3 atom stereocenters. The van der Waals surface area contributed by atoms with Gasteiger partial charge in [0.1, 0.15) is 24.2 Å². The predicted molar refractivity (Wildman–Crippen MR) is 125 cm³/mol. The molecule has 2 aromatic carbocycles. The topological polar surface area (TPSA) is 106 Å². The molecule has 1 saturated heterocycles. The van der Waals surface area contributed by atoms with Crippen LogP contribution in [-0.2, 0) is 9.53 Å². The molecule has 0 aliphatic carbocycles. The molecule has 9 nitrogen and oxygen atoms in total. The predicted octanol–water partition coefficient (Wildman–Crippen LogP) is 2.46. The van der Waals surface area contributed by atoms with Gasteiger partial charge in [0.2, 0.25) is 5.91 Å². The largest absolute Gasteiger partial charge is 0.496 e. The maximum atomic E-state index is 13.4. The summed E-state index contributed by atoms with van der Waals surface area (Å²) in [5.74, 6) is 0.248. The van der Waals surface area contributed by atoms with Gasteiger partial charge in [0.15, 0.2) is 0 Å². The number of rotatable bonds is 5. The fourth-order valence-electron chi connectivity index (χ4n) is 4.44. The summed E-state index contributed by atoms with van der Waals surface area (Å²) in [7, 11) is 4.85. The summed E-state index contributed by atoms with van der Waals surface area (Å²) >= 11 is 0. The molecule has 0 spiro atoms. The molecule has 180 valence electrons. The first-order valence-electron chi connectivity index (χ1n) is 11.3. The molecule has 2 aliphatic rings. The van der Waals surface area contributed by atoms with Gasteiger partial charge in [0, 0.05) is 19.8 Å². The van der Waals surface area contributed by atoms with E-state index in [-0.39, 0.29) is 49.0 Å². The molecule has 4 rings (SSSR count). The Kier molecular flexibility index (Phi) is 7.02. The fraction of sp³-hybridized carbons (Fsp3) is 0.400. The van der Waals surface area contributed by atoms with Crippen molar-refractivity contribution in [2.75, 3.05) is 33.1 Å². The number of hydrogen-bond donors (Lipinski definition) is 2. The summed E-state index contributed by atoms with van der Waals surface area (Å²) in [5.41, 5.74) is 1.24. The van der Waals surface area contributed by atoms with Gasteiger partial charge in [0.25, 0.3) is 11.8 Å². The van der Waals surface area contributed by atoms with E-state index in [1.165, 1.54) is 7.11 Å². The van der Waals surface area contributed by atoms with Crippen LogP contribution in [0.3, 0.4) is 0 Å². The maximum absolute atomic E-state index is 13.4. The van der Waals surface area contributed by atoms with Crippen LogP contribution in [0.4, 0.5) is 5.69 Å². The molecule has 0 bridgehead atoms. The van der Waals surface area contributed by atoms with Gasteiger partial charge in [-0.2, -0.15) is 0 Å². The molecule has 3 amide bonds. The van der Waals surface area contributed by atoms with Crippen LogP contribution >= 0.6 is 0 Å². The average molecular weight is 468 g/mol. The zero-order valence-electron chi connectivity index (χ0n) is 19.5. The smallest absolute Gasteiger partial charge is 0.259 e. The molecule has 34 heavy (non-hydrogen) atoms. The molecule has 1 fully saturated rings. The first kappa shape index (κ1) is 23.6. The van der Waals surface area contributed by atoms with Crippen molar-refractivity contribution in [3.63, 3.8) is 0 Å². The van der Waals surface area contributed by atoms with E-state index in [0.717, 1.165) is 0 Å². The average Bonchev–Trinajstić information content (AvgIpc) is 2.86. The van der Waals surface area contributed by atoms with E-state index in [0.29, 0.717) is 41.2 Å². The minimum Gasteiger partial charge on any atom is -0.496 e. The summed E-state index contributed by atoms with van der Waals surface area (Å²) < 4.78 is 17.4. The van der Waals surface area contributed by atoms with Crippen LogP contribution < -0.4 is 20.1 Å². The first-order valence-corrected chi connectivity index (χ1v) is 11.3. The summed E-state index contributed by atoms with van der Waals surface area (Å²) in [6.45, 7) is 0.256. The van der Waals surface area contributed by atoms with Crippen LogP contribution in [0.5, 0.6) is 11.5 Å². The van der Waals surface area contributed by atoms with Gasteiger partial charge < -0.3 is 29.7 Å². The molecule has 2 aliphatic heterocycles. The number of ether oxygens (including phenoxy) is 3. The lowest BCUT2D eigenvalue weighted by molar-refractivity contribution is -0.133. The number of fused-ring (bicyclic) bond motifs is 2. The van der Waals surface area contributed by atoms with E-state index in [9.17, 15) is 14.4 Å². The minimum atomic E-state index is -0.340. The number of para-hydroxylation sites is 1. The second-order valence-corrected chi connectivity index (χ2v) is 8.41. The van der Waals surface area contributed by atoms with E-state index >= 15 is 0 Å². The van der Waals surface area contributed by atoms with Gasteiger partial charge in [-0.05, 0) is 43.2 Å². The van der Waals surface area contributed by atoms with Crippen molar-refractivity contribution in [3.8, 4) is 11.5 Å². The number of carbonyl (C=O) groups is 3. The lowest BCUT2D eigenvalue weighted by atomic mass is 9.94. The highest BCUT2D eigenvalue weighted by atomic mass is 16.5. The number of methoxy groups -OCH3 is 1. The van der Waals surface area contributed by atoms with Crippen LogP contribution in [0.2, 0.25) is 0 Å². The van der Waals surface area contributed by atoms with Crippen LogP contribution in [0.25, 0.3) is 0 Å². The van der Waals surface area contributed by atoms with Crippen LogP contribution in [-0.4, -0.2) is 68.7 Å². The van der Waals surface area contributed by atoms with Crippen LogP contribution in [0.1, 0.15) is 40.0 Å². The monoisotopic (exact) mass is 467 g/mol. The molecule has 9 heteroatoms. The highest BCUT2D eigenvalue weighted by molar-refractivity contribution is 6.07. The number of likely N-dealkylation sites (N-methyl/N-ethyl adjacent to an activating group) is 1. The Morgan fingerprint density at radius 2 is 1.97 bits per heavy atom. The number of carbonyl (C=O) groups excluding carboxylic acids is 3. The maximum Gasteiger partial charge on any atom is 0.259 e. The summed E-state index contributed by atoms with van der Waals surface area (Å²) in [5, 5.41) is 5.45. The zero-order valence-corrected chi connectivity index (χ0v) is 19.5. The molecule has 0 aromatic heterocycles. The zero-order chi connectivity index (χ0) is 24.2. The summed E-state index contributed by atoms with van der Waals surface area (Å²) in [4.78, 5) is 39.6. The van der Waals surface area contributed by atoms with Crippen molar-refractivity contribution < 1.29 is 28.6 Å². The molecular formula is C25H29N3O6. The van der Waals surface area contributed by atoms with Crippen molar-refractivity contribution in [2.24, 2.45) is 0 Å². The lowest BCUT2D eigenvalue weighted by Gasteiger charge is -2.42. The van der Waals surface area contributed by atoms with Gasteiger partial charge in [-0.15, -0.1) is 0 Å². The van der Waals surface area contributed by atoms with Crippen molar-refractivity contribution >= 4 is 23.4 Å². The third-order valence-electron chi connectivity index (χ3n) is 6.31. The number of hydrogen-bond acceptors (Lipinski definition) is 6. The molecule has 0 saturated carbocycles. The van der Waals surface area contributed by atoms with Gasteiger partial charge in [-0.1, -0.05) is 12.1 Å². The van der Waals surface area contributed by atoms with E-state index in [1.54, 1.807) is 61.5 Å². The SMILES string of the molecule is CNC(=O)C[C@@H]1CC[C@@H]2[C@H](COc3ccc(NC(=O)c4ccccc4OC)cc3C(=O)N2C)O1. The Balaban J connectivity index is 1.53. The minimum absolute atomic E-state index is 0.0762. The normalized spacial score (nSPS) is 21.8. The Labute approximate surface area is 198 Å². The number of benzene rings is 2. The molecule has 2 heterocycles. The van der Waals surface area contributed by atoms with Crippen LogP contribution in [0, 0.1) is 0 Å². The van der Waals surface area contributed by atoms with E-state index < -0.39 is 0 Å². The van der Waals surface area contributed by atoms with Gasteiger partial charge in [-0.25, -0.2) is 0 Å². The molecule has 2 aromatic rings.